The normalized spacial score (nSPS) is 10.8. The largest absolute Gasteiger partial charge is 0.462 e. The van der Waals surface area contributed by atoms with Gasteiger partial charge in [-0.15, -0.1) is 0 Å². The molecule has 2 N–H and O–H groups in total. The van der Waals surface area contributed by atoms with Crippen molar-refractivity contribution >= 4 is 11.7 Å². The predicted molar refractivity (Wildman–Crippen MR) is 65.1 cm³/mol. The fraction of sp³-hybridized carbons (Fsp3) is 0.385. The number of anilines is 1. The van der Waals surface area contributed by atoms with Gasteiger partial charge in [-0.25, -0.2) is 9.18 Å². The molecular formula is C13H15FN2O2. The lowest BCUT2D eigenvalue weighted by atomic mass is 9.92. The van der Waals surface area contributed by atoms with Crippen molar-refractivity contribution in [3.8, 4) is 6.07 Å². The number of nitriles is 1. The van der Waals surface area contributed by atoms with E-state index in [2.05, 4.69) is 6.07 Å². The van der Waals surface area contributed by atoms with E-state index in [1.807, 2.05) is 0 Å². The van der Waals surface area contributed by atoms with Gasteiger partial charge >= 0.3 is 5.97 Å². The Hall–Kier alpha value is -2.09. The van der Waals surface area contributed by atoms with E-state index in [1.165, 1.54) is 12.1 Å². The summed E-state index contributed by atoms with van der Waals surface area (Å²) in [6.45, 7) is 3.54. The summed E-state index contributed by atoms with van der Waals surface area (Å²) < 4.78 is 18.3. The van der Waals surface area contributed by atoms with Gasteiger partial charge in [0.15, 0.2) is 0 Å². The van der Waals surface area contributed by atoms with E-state index in [9.17, 15) is 9.18 Å². The molecule has 1 aromatic carbocycles. The zero-order valence-corrected chi connectivity index (χ0v) is 10.4. The molecular weight excluding hydrogens is 235 g/mol. The topological polar surface area (TPSA) is 76.1 Å². The van der Waals surface area contributed by atoms with E-state index < -0.39 is 17.2 Å². The van der Waals surface area contributed by atoms with E-state index in [-0.39, 0.29) is 12.2 Å². The Kier molecular flexibility index (Phi) is 4.27. The number of nitrogens with two attached hydrogens (primary N) is 1. The minimum absolute atomic E-state index is 0.0631. The summed E-state index contributed by atoms with van der Waals surface area (Å²) in [6.07, 6.45) is 0.388. The standard InChI is InChI=1S/C13H15FN2O2/c1-13(2,8-15)5-6-18-12(17)10-7-9(16)3-4-11(10)14/h3-4,7H,5-6,16H2,1-2H3. The summed E-state index contributed by atoms with van der Waals surface area (Å²) in [5, 5.41) is 8.79. The van der Waals surface area contributed by atoms with Crippen LogP contribution in [0.25, 0.3) is 0 Å². The molecule has 0 radical (unpaired) electrons. The lowest BCUT2D eigenvalue weighted by Gasteiger charge is -2.14. The van der Waals surface area contributed by atoms with Gasteiger partial charge in [-0.3, -0.25) is 0 Å². The van der Waals surface area contributed by atoms with Crippen molar-refractivity contribution in [2.24, 2.45) is 5.41 Å². The monoisotopic (exact) mass is 250 g/mol. The Morgan fingerprint density at radius 3 is 2.83 bits per heavy atom. The molecule has 0 bridgehead atoms. The molecule has 96 valence electrons. The van der Waals surface area contributed by atoms with Crippen LogP contribution in [0.1, 0.15) is 30.6 Å². The first-order chi connectivity index (χ1) is 8.35. The Morgan fingerprint density at radius 1 is 1.56 bits per heavy atom. The van der Waals surface area contributed by atoms with Crippen LogP contribution in [0.3, 0.4) is 0 Å². The third-order valence-electron chi connectivity index (χ3n) is 2.47. The summed E-state index contributed by atoms with van der Waals surface area (Å²) in [7, 11) is 0. The predicted octanol–water partition coefficient (Wildman–Crippen LogP) is 2.50. The van der Waals surface area contributed by atoms with Gasteiger partial charge in [0.2, 0.25) is 0 Å². The minimum atomic E-state index is -0.770. The summed E-state index contributed by atoms with van der Waals surface area (Å²) in [5.41, 5.74) is 4.99. The maximum atomic E-state index is 13.3. The number of nitrogens with zero attached hydrogens (tertiary/aromatic N) is 1. The highest BCUT2D eigenvalue weighted by Crippen LogP contribution is 2.19. The molecule has 0 unspecified atom stereocenters. The Balaban J connectivity index is 2.62. The molecule has 0 aliphatic rings. The highest BCUT2D eigenvalue weighted by Gasteiger charge is 2.19. The second-order valence-electron chi connectivity index (χ2n) is 4.62. The van der Waals surface area contributed by atoms with Gasteiger partial charge in [-0.2, -0.15) is 5.26 Å². The van der Waals surface area contributed by atoms with Crippen molar-refractivity contribution in [2.45, 2.75) is 20.3 Å². The summed E-state index contributed by atoms with van der Waals surface area (Å²) in [4.78, 5) is 11.6. The molecule has 1 rings (SSSR count). The number of hydrogen-bond donors (Lipinski definition) is 1. The molecule has 0 amide bonds. The molecule has 1 aromatic rings. The first kappa shape index (κ1) is 14.0. The van der Waals surface area contributed by atoms with Crippen molar-refractivity contribution in [3.05, 3.63) is 29.6 Å². The number of carbonyl (C=O) groups is 1. The molecule has 0 aliphatic heterocycles. The van der Waals surface area contributed by atoms with Crippen LogP contribution in [0.4, 0.5) is 10.1 Å². The van der Waals surface area contributed by atoms with Crippen molar-refractivity contribution in [2.75, 3.05) is 12.3 Å². The van der Waals surface area contributed by atoms with Crippen molar-refractivity contribution in [1.29, 1.82) is 5.26 Å². The summed E-state index contributed by atoms with van der Waals surface area (Å²) in [6, 6.07) is 5.80. The van der Waals surface area contributed by atoms with Gasteiger partial charge in [0, 0.05) is 5.69 Å². The van der Waals surface area contributed by atoms with Gasteiger partial charge in [0.1, 0.15) is 5.82 Å². The number of nitrogen functional groups attached to an aromatic ring is 1. The van der Waals surface area contributed by atoms with Crippen LogP contribution in [0, 0.1) is 22.6 Å². The highest BCUT2D eigenvalue weighted by atomic mass is 19.1. The number of rotatable bonds is 4. The zero-order chi connectivity index (χ0) is 13.8. The number of esters is 1. The third-order valence-corrected chi connectivity index (χ3v) is 2.47. The molecule has 5 heteroatoms. The van der Waals surface area contributed by atoms with Gasteiger partial charge in [0.05, 0.1) is 23.7 Å². The van der Waals surface area contributed by atoms with Crippen LogP contribution in [-0.4, -0.2) is 12.6 Å². The van der Waals surface area contributed by atoms with Gasteiger partial charge in [0.25, 0.3) is 0 Å². The smallest absolute Gasteiger partial charge is 0.341 e. The molecule has 0 fully saturated rings. The molecule has 0 heterocycles. The molecule has 0 atom stereocenters. The van der Waals surface area contributed by atoms with Crippen LogP contribution in [0.2, 0.25) is 0 Å². The van der Waals surface area contributed by atoms with Crippen molar-refractivity contribution < 1.29 is 13.9 Å². The number of carbonyl (C=O) groups excluding carboxylic acids is 1. The number of ether oxygens (including phenoxy) is 1. The average Bonchev–Trinajstić information content (AvgIpc) is 2.32. The van der Waals surface area contributed by atoms with E-state index in [4.69, 9.17) is 15.7 Å². The van der Waals surface area contributed by atoms with Crippen molar-refractivity contribution in [3.63, 3.8) is 0 Å². The molecule has 0 aromatic heterocycles. The Morgan fingerprint density at radius 2 is 2.22 bits per heavy atom. The second-order valence-corrected chi connectivity index (χ2v) is 4.62. The number of halogens is 1. The first-order valence-electron chi connectivity index (χ1n) is 5.49. The summed E-state index contributed by atoms with van der Waals surface area (Å²) in [5.74, 6) is -1.44. The first-order valence-corrected chi connectivity index (χ1v) is 5.49. The molecule has 0 saturated carbocycles. The van der Waals surface area contributed by atoms with Crippen molar-refractivity contribution in [1.82, 2.24) is 0 Å². The van der Waals surface area contributed by atoms with Crippen LogP contribution < -0.4 is 5.73 Å². The van der Waals surface area contributed by atoms with Gasteiger partial charge in [-0.05, 0) is 38.5 Å². The van der Waals surface area contributed by atoms with Crippen LogP contribution in [-0.2, 0) is 4.74 Å². The molecule has 0 spiro atoms. The second kappa shape index (κ2) is 5.50. The molecule has 0 aliphatic carbocycles. The van der Waals surface area contributed by atoms with Gasteiger partial charge in [-0.1, -0.05) is 0 Å². The van der Waals surface area contributed by atoms with E-state index >= 15 is 0 Å². The molecule has 4 nitrogen and oxygen atoms in total. The maximum Gasteiger partial charge on any atom is 0.341 e. The van der Waals surface area contributed by atoms with Gasteiger partial charge < -0.3 is 10.5 Å². The fourth-order valence-corrected chi connectivity index (χ4v) is 1.23. The third kappa shape index (κ3) is 3.74. The number of benzene rings is 1. The van der Waals surface area contributed by atoms with E-state index in [1.54, 1.807) is 13.8 Å². The minimum Gasteiger partial charge on any atom is -0.462 e. The SMILES string of the molecule is CC(C)(C#N)CCOC(=O)c1cc(N)ccc1F. The quantitative estimate of drug-likeness (QED) is 0.658. The van der Waals surface area contributed by atoms with E-state index in [0.29, 0.717) is 12.1 Å². The zero-order valence-electron chi connectivity index (χ0n) is 10.4. The lowest BCUT2D eigenvalue weighted by Crippen LogP contribution is -2.15. The van der Waals surface area contributed by atoms with Crippen LogP contribution >= 0.6 is 0 Å². The Bertz CT molecular complexity index is 492. The highest BCUT2D eigenvalue weighted by molar-refractivity contribution is 5.90. The lowest BCUT2D eigenvalue weighted by molar-refractivity contribution is 0.0469. The average molecular weight is 250 g/mol. The maximum absolute atomic E-state index is 13.3. The fourth-order valence-electron chi connectivity index (χ4n) is 1.23. The molecule has 18 heavy (non-hydrogen) atoms. The summed E-state index contributed by atoms with van der Waals surface area (Å²) >= 11 is 0. The molecule has 0 saturated heterocycles. The Labute approximate surface area is 105 Å². The number of hydrogen-bond acceptors (Lipinski definition) is 4. The van der Waals surface area contributed by atoms with Crippen LogP contribution in [0.15, 0.2) is 18.2 Å². The van der Waals surface area contributed by atoms with Crippen LogP contribution in [0.5, 0.6) is 0 Å². The van der Waals surface area contributed by atoms with E-state index in [0.717, 1.165) is 6.07 Å².